The van der Waals surface area contributed by atoms with Crippen LogP contribution in [0.4, 0.5) is 0 Å². The Hall–Kier alpha value is -1.26. The number of nitrogens with zero attached hydrogens (tertiary/aromatic N) is 2. The van der Waals surface area contributed by atoms with Gasteiger partial charge in [0.25, 0.3) is 0 Å². The van der Waals surface area contributed by atoms with E-state index in [1.54, 1.807) is 0 Å². The standard InChI is InChI=1S/C18H31ClN4/c1-4-20-18(21-13-7-8-14-23(5-2)6-3)22-15-16-9-11-17(19)12-10-16/h9-12H,4-8,13-15H2,1-3H3,(H2,20,21,22). The van der Waals surface area contributed by atoms with Crippen molar-refractivity contribution in [2.75, 3.05) is 32.7 Å². The number of aliphatic imine (C=N–C) groups is 1. The van der Waals surface area contributed by atoms with Crippen molar-refractivity contribution in [3.8, 4) is 0 Å². The molecule has 1 aromatic carbocycles. The fourth-order valence-electron chi connectivity index (χ4n) is 2.31. The number of benzene rings is 1. The topological polar surface area (TPSA) is 39.7 Å². The first kappa shape index (κ1) is 19.8. The van der Waals surface area contributed by atoms with Gasteiger partial charge in [-0.25, -0.2) is 4.99 Å². The van der Waals surface area contributed by atoms with Crippen LogP contribution in [0.1, 0.15) is 39.2 Å². The summed E-state index contributed by atoms with van der Waals surface area (Å²) in [7, 11) is 0. The maximum absolute atomic E-state index is 5.90. The molecule has 0 aliphatic carbocycles. The van der Waals surface area contributed by atoms with E-state index in [0.717, 1.165) is 49.1 Å². The highest BCUT2D eigenvalue weighted by Gasteiger charge is 2.00. The Morgan fingerprint density at radius 2 is 1.74 bits per heavy atom. The fourth-order valence-corrected chi connectivity index (χ4v) is 2.43. The SMILES string of the molecule is CCNC(=NCc1ccc(Cl)cc1)NCCCCN(CC)CC. The third kappa shape index (κ3) is 8.82. The van der Waals surface area contributed by atoms with Crippen molar-refractivity contribution in [1.82, 2.24) is 15.5 Å². The number of rotatable bonds is 10. The quantitative estimate of drug-likeness (QED) is 0.389. The van der Waals surface area contributed by atoms with Gasteiger partial charge in [-0.05, 0) is 57.1 Å². The van der Waals surface area contributed by atoms with Crippen LogP contribution in [0.15, 0.2) is 29.3 Å². The first-order valence-electron chi connectivity index (χ1n) is 8.68. The minimum atomic E-state index is 0.659. The van der Waals surface area contributed by atoms with Crippen molar-refractivity contribution in [3.05, 3.63) is 34.9 Å². The van der Waals surface area contributed by atoms with Gasteiger partial charge in [-0.1, -0.05) is 37.6 Å². The van der Waals surface area contributed by atoms with E-state index in [-0.39, 0.29) is 0 Å². The number of nitrogens with one attached hydrogen (secondary N) is 2. The molecule has 0 unspecified atom stereocenters. The molecule has 0 aliphatic heterocycles. The number of guanidine groups is 1. The Kier molecular flexibility index (Phi) is 10.5. The van der Waals surface area contributed by atoms with E-state index in [1.807, 2.05) is 24.3 Å². The molecule has 0 saturated heterocycles. The van der Waals surface area contributed by atoms with Crippen LogP contribution < -0.4 is 10.6 Å². The van der Waals surface area contributed by atoms with E-state index in [2.05, 4.69) is 41.3 Å². The molecule has 0 atom stereocenters. The second kappa shape index (κ2) is 12.2. The van der Waals surface area contributed by atoms with Crippen LogP contribution in [-0.2, 0) is 6.54 Å². The minimum absolute atomic E-state index is 0.659. The summed E-state index contributed by atoms with van der Waals surface area (Å²) in [5.41, 5.74) is 1.16. The molecule has 5 heteroatoms. The third-order valence-electron chi connectivity index (χ3n) is 3.77. The summed E-state index contributed by atoms with van der Waals surface area (Å²) in [6.07, 6.45) is 2.37. The molecule has 0 bridgehead atoms. The second-order valence-electron chi connectivity index (χ2n) is 5.48. The monoisotopic (exact) mass is 338 g/mol. The molecule has 130 valence electrons. The molecule has 0 heterocycles. The fraction of sp³-hybridized carbons (Fsp3) is 0.611. The number of unbranched alkanes of at least 4 members (excludes halogenated alkanes) is 1. The van der Waals surface area contributed by atoms with Gasteiger partial charge in [0.1, 0.15) is 0 Å². The summed E-state index contributed by atoms with van der Waals surface area (Å²) in [4.78, 5) is 7.08. The zero-order chi connectivity index (χ0) is 16.9. The molecule has 2 N–H and O–H groups in total. The van der Waals surface area contributed by atoms with Crippen molar-refractivity contribution in [3.63, 3.8) is 0 Å². The zero-order valence-electron chi connectivity index (χ0n) is 14.7. The summed E-state index contributed by atoms with van der Waals surface area (Å²) in [5.74, 6) is 0.880. The van der Waals surface area contributed by atoms with Gasteiger partial charge in [-0.15, -0.1) is 0 Å². The van der Waals surface area contributed by atoms with Gasteiger partial charge >= 0.3 is 0 Å². The summed E-state index contributed by atoms with van der Waals surface area (Å²) in [5, 5.41) is 7.46. The van der Waals surface area contributed by atoms with E-state index in [1.165, 1.54) is 13.0 Å². The summed E-state index contributed by atoms with van der Waals surface area (Å²) in [6, 6.07) is 7.83. The van der Waals surface area contributed by atoms with Gasteiger partial charge in [0.2, 0.25) is 0 Å². The third-order valence-corrected chi connectivity index (χ3v) is 4.02. The van der Waals surface area contributed by atoms with Gasteiger partial charge in [0, 0.05) is 18.1 Å². The van der Waals surface area contributed by atoms with Crippen molar-refractivity contribution < 1.29 is 0 Å². The summed E-state index contributed by atoms with van der Waals surface area (Å²) < 4.78 is 0. The van der Waals surface area contributed by atoms with E-state index in [9.17, 15) is 0 Å². The Labute approximate surface area is 146 Å². The van der Waals surface area contributed by atoms with Gasteiger partial charge < -0.3 is 15.5 Å². The average Bonchev–Trinajstić information content (AvgIpc) is 2.57. The van der Waals surface area contributed by atoms with Crippen molar-refractivity contribution >= 4 is 17.6 Å². The highest BCUT2D eigenvalue weighted by atomic mass is 35.5. The lowest BCUT2D eigenvalue weighted by molar-refractivity contribution is 0.297. The van der Waals surface area contributed by atoms with E-state index in [0.29, 0.717) is 6.54 Å². The van der Waals surface area contributed by atoms with Crippen LogP contribution in [-0.4, -0.2) is 43.6 Å². The lowest BCUT2D eigenvalue weighted by Gasteiger charge is -2.18. The number of halogens is 1. The van der Waals surface area contributed by atoms with E-state index in [4.69, 9.17) is 11.6 Å². The number of hydrogen-bond acceptors (Lipinski definition) is 2. The van der Waals surface area contributed by atoms with Crippen LogP contribution in [0.25, 0.3) is 0 Å². The number of hydrogen-bond donors (Lipinski definition) is 2. The first-order chi connectivity index (χ1) is 11.2. The Morgan fingerprint density at radius 1 is 1.04 bits per heavy atom. The predicted molar refractivity (Wildman–Crippen MR) is 101 cm³/mol. The minimum Gasteiger partial charge on any atom is -0.357 e. The molecule has 0 aliphatic rings. The maximum atomic E-state index is 5.90. The highest BCUT2D eigenvalue weighted by Crippen LogP contribution is 2.10. The first-order valence-corrected chi connectivity index (χ1v) is 9.06. The molecule has 0 amide bonds. The molecule has 0 radical (unpaired) electrons. The molecule has 0 fully saturated rings. The molecular weight excluding hydrogens is 308 g/mol. The van der Waals surface area contributed by atoms with E-state index >= 15 is 0 Å². The molecule has 0 spiro atoms. The average molecular weight is 339 g/mol. The molecule has 0 saturated carbocycles. The Morgan fingerprint density at radius 3 is 2.35 bits per heavy atom. The molecule has 0 aromatic heterocycles. The van der Waals surface area contributed by atoms with Gasteiger partial charge in [0.15, 0.2) is 5.96 Å². The second-order valence-corrected chi connectivity index (χ2v) is 5.92. The summed E-state index contributed by atoms with van der Waals surface area (Å²) in [6.45, 7) is 12.4. The zero-order valence-corrected chi connectivity index (χ0v) is 15.5. The van der Waals surface area contributed by atoms with Crippen molar-refractivity contribution in [1.29, 1.82) is 0 Å². The molecule has 1 rings (SSSR count). The maximum Gasteiger partial charge on any atom is 0.191 e. The highest BCUT2D eigenvalue weighted by molar-refractivity contribution is 6.30. The van der Waals surface area contributed by atoms with Crippen molar-refractivity contribution in [2.45, 2.75) is 40.2 Å². The Balaban J connectivity index is 2.33. The van der Waals surface area contributed by atoms with Gasteiger partial charge in [0.05, 0.1) is 6.54 Å². The normalized spacial score (nSPS) is 11.8. The van der Waals surface area contributed by atoms with Crippen LogP contribution in [0.5, 0.6) is 0 Å². The van der Waals surface area contributed by atoms with E-state index < -0.39 is 0 Å². The molecular formula is C18H31ClN4. The predicted octanol–water partition coefficient (Wildman–Crippen LogP) is 3.52. The van der Waals surface area contributed by atoms with Crippen LogP contribution >= 0.6 is 11.6 Å². The van der Waals surface area contributed by atoms with Crippen LogP contribution in [0.2, 0.25) is 5.02 Å². The lowest BCUT2D eigenvalue weighted by atomic mass is 10.2. The molecule has 23 heavy (non-hydrogen) atoms. The summed E-state index contributed by atoms with van der Waals surface area (Å²) >= 11 is 5.90. The lowest BCUT2D eigenvalue weighted by Crippen LogP contribution is -2.38. The van der Waals surface area contributed by atoms with Crippen LogP contribution in [0, 0.1) is 0 Å². The molecule has 1 aromatic rings. The largest absolute Gasteiger partial charge is 0.357 e. The smallest absolute Gasteiger partial charge is 0.191 e. The van der Waals surface area contributed by atoms with Gasteiger partial charge in [-0.2, -0.15) is 0 Å². The van der Waals surface area contributed by atoms with Crippen LogP contribution in [0.3, 0.4) is 0 Å². The molecule has 4 nitrogen and oxygen atoms in total. The van der Waals surface area contributed by atoms with Gasteiger partial charge in [-0.3, -0.25) is 0 Å². The Bertz CT molecular complexity index is 441. The van der Waals surface area contributed by atoms with Crippen molar-refractivity contribution in [2.24, 2.45) is 4.99 Å².